The normalized spacial score (nSPS) is 14.0. The number of benzene rings is 3. The monoisotopic (exact) mass is 502 g/mol. The van der Waals surface area contributed by atoms with Crippen LogP contribution in [0.25, 0.3) is 22.1 Å². The predicted octanol–water partition coefficient (Wildman–Crippen LogP) is 6.17. The van der Waals surface area contributed by atoms with Gasteiger partial charge in [-0.25, -0.2) is 0 Å². The van der Waals surface area contributed by atoms with Gasteiger partial charge in [0.15, 0.2) is 11.5 Å². The molecule has 0 bridgehead atoms. The summed E-state index contributed by atoms with van der Waals surface area (Å²) in [5.74, 6) is 2.59. The van der Waals surface area contributed by atoms with E-state index in [-0.39, 0.29) is 11.0 Å². The SMILES string of the molecule is COc1cc(-c2coc3cc4c(c(OC)c3c2=O)CCC(C)(C)O4)c(OC)cc1OCc1ccccc1. The molecule has 192 valence electrons. The predicted molar refractivity (Wildman–Crippen MR) is 141 cm³/mol. The van der Waals surface area contributed by atoms with Crippen molar-refractivity contribution >= 4 is 11.0 Å². The van der Waals surface area contributed by atoms with Gasteiger partial charge in [-0.1, -0.05) is 30.3 Å². The number of ether oxygens (including phenoxy) is 5. The first-order valence-corrected chi connectivity index (χ1v) is 12.1. The minimum absolute atomic E-state index is 0.232. The Bertz CT molecular complexity index is 1500. The molecule has 0 saturated heterocycles. The van der Waals surface area contributed by atoms with Crippen molar-refractivity contribution in [3.8, 4) is 39.9 Å². The lowest BCUT2D eigenvalue weighted by molar-refractivity contribution is 0.0838. The molecule has 4 aromatic rings. The van der Waals surface area contributed by atoms with Crippen LogP contribution in [0.1, 0.15) is 31.4 Å². The molecule has 7 nitrogen and oxygen atoms in total. The number of hydrogen-bond acceptors (Lipinski definition) is 7. The molecule has 3 aromatic carbocycles. The molecule has 5 rings (SSSR count). The quantitative estimate of drug-likeness (QED) is 0.299. The van der Waals surface area contributed by atoms with Crippen LogP contribution in [0.15, 0.2) is 64.0 Å². The molecular formula is C30H30O7. The third-order valence-electron chi connectivity index (χ3n) is 6.66. The van der Waals surface area contributed by atoms with E-state index in [1.54, 1.807) is 39.5 Å². The maximum Gasteiger partial charge on any atom is 0.204 e. The summed E-state index contributed by atoms with van der Waals surface area (Å²) in [6.45, 7) is 4.44. The van der Waals surface area contributed by atoms with Crippen LogP contribution in [0.3, 0.4) is 0 Å². The lowest BCUT2D eigenvalue weighted by Gasteiger charge is -2.33. The van der Waals surface area contributed by atoms with E-state index in [1.807, 2.05) is 44.2 Å². The minimum atomic E-state index is -0.305. The fraction of sp³-hybridized carbons (Fsp3) is 0.300. The van der Waals surface area contributed by atoms with Crippen LogP contribution >= 0.6 is 0 Å². The summed E-state index contributed by atoms with van der Waals surface area (Å²) in [4.78, 5) is 13.9. The second kappa shape index (κ2) is 9.73. The highest BCUT2D eigenvalue weighted by Crippen LogP contribution is 2.44. The maximum absolute atomic E-state index is 13.9. The summed E-state index contributed by atoms with van der Waals surface area (Å²) in [6.07, 6.45) is 2.98. The van der Waals surface area contributed by atoms with E-state index in [2.05, 4.69) is 0 Å². The van der Waals surface area contributed by atoms with Gasteiger partial charge < -0.3 is 28.1 Å². The molecule has 0 N–H and O–H groups in total. The first-order valence-electron chi connectivity index (χ1n) is 12.1. The van der Waals surface area contributed by atoms with Crippen LogP contribution in [0.4, 0.5) is 0 Å². The molecule has 0 unspecified atom stereocenters. The third kappa shape index (κ3) is 4.57. The van der Waals surface area contributed by atoms with Crippen LogP contribution in [0.2, 0.25) is 0 Å². The Labute approximate surface area is 215 Å². The van der Waals surface area contributed by atoms with Crippen LogP contribution in [-0.4, -0.2) is 26.9 Å². The van der Waals surface area contributed by atoms with Gasteiger partial charge in [0.1, 0.15) is 46.7 Å². The fourth-order valence-corrected chi connectivity index (χ4v) is 4.71. The Hall–Kier alpha value is -4.13. The molecule has 2 heterocycles. The van der Waals surface area contributed by atoms with Crippen molar-refractivity contribution in [3.05, 3.63) is 76.1 Å². The zero-order valence-electron chi connectivity index (χ0n) is 21.7. The standard InChI is InChI=1S/C30H30O7/c1-30(2)12-11-19-23(37-30)15-26-27(29(19)34-5)28(31)21(17-36-26)20-13-24(33-4)25(14-22(20)32-3)35-16-18-9-7-6-8-10-18/h6-10,13-15,17H,11-12,16H2,1-5H3. The highest BCUT2D eigenvalue weighted by Gasteiger charge is 2.31. The van der Waals surface area contributed by atoms with Crippen molar-refractivity contribution in [2.75, 3.05) is 21.3 Å². The van der Waals surface area contributed by atoms with Gasteiger partial charge >= 0.3 is 0 Å². The molecule has 1 aliphatic rings. The fourth-order valence-electron chi connectivity index (χ4n) is 4.71. The van der Waals surface area contributed by atoms with E-state index in [9.17, 15) is 4.79 Å². The minimum Gasteiger partial charge on any atom is -0.496 e. The van der Waals surface area contributed by atoms with Crippen LogP contribution in [-0.2, 0) is 13.0 Å². The smallest absolute Gasteiger partial charge is 0.204 e. The lowest BCUT2D eigenvalue weighted by atomic mass is 9.92. The maximum atomic E-state index is 13.9. The van der Waals surface area contributed by atoms with E-state index >= 15 is 0 Å². The molecular weight excluding hydrogens is 472 g/mol. The topological polar surface area (TPSA) is 76.4 Å². The molecule has 0 spiro atoms. The molecule has 0 fully saturated rings. The Kier molecular flexibility index (Phi) is 6.46. The second-order valence-corrected chi connectivity index (χ2v) is 9.58. The molecule has 0 saturated carbocycles. The van der Waals surface area contributed by atoms with E-state index < -0.39 is 0 Å². The van der Waals surface area contributed by atoms with Crippen molar-refractivity contribution in [3.63, 3.8) is 0 Å². The van der Waals surface area contributed by atoms with Gasteiger partial charge in [0.2, 0.25) is 5.43 Å². The van der Waals surface area contributed by atoms with Gasteiger partial charge in [-0.05, 0) is 38.3 Å². The van der Waals surface area contributed by atoms with Gasteiger partial charge in [0.25, 0.3) is 0 Å². The Morgan fingerprint density at radius 1 is 0.892 bits per heavy atom. The third-order valence-corrected chi connectivity index (χ3v) is 6.66. The zero-order chi connectivity index (χ0) is 26.2. The summed E-state index contributed by atoms with van der Waals surface area (Å²) in [5.41, 5.74) is 2.60. The van der Waals surface area contributed by atoms with Gasteiger partial charge in [-0.3, -0.25) is 4.79 Å². The zero-order valence-corrected chi connectivity index (χ0v) is 21.7. The highest BCUT2D eigenvalue weighted by molar-refractivity contribution is 5.91. The number of methoxy groups -OCH3 is 3. The van der Waals surface area contributed by atoms with E-state index in [0.717, 1.165) is 24.0 Å². The van der Waals surface area contributed by atoms with Crippen molar-refractivity contribution in [1.82, 2.24) is 0 Å². The Balaban J connectivity index is 1.61. The van der Waals surface area contributed by atoms with Crippen molar-refractivity contribution in [1.29, 1.82) is 0 Å². The van der Waals surface area contributed by atoms with Crippen molar-refractivity contribution in [2.24, 2.45) is 0 Å². The first kappa shape index (κ1) is 24.6. The van der Waals surface area contributed by atoms with E-state index in [1.165, 1.54) is 6.26 Å². The molecule has 0 atom stereocenters. The molecule has 37 heavy (non-hydrogen) atoms. The highest BCUT2D eigenvalue weighted by atomic mass is 16.5. The number of rotatable bonds is 7. The second-order valence-electron chi connectivity index (χ2n) is 9.58. The van der Waals surface area contributed by atoms with E-state index in [4.69, 9.17) is 28.1 Å². The van der Waals surface area contributed by atoms with Gasteiger partial charge in [0.05, 0.1) is 26.9 Å². The van der Waals surface area contributed by atoms with Gasteiger partial charge in [-0.15, -0.1) is 0 Å². The summed E-state index contributed by atoms with van der Waals surface area (Å²) in [5, 5.41) is 0.368. The molecule has 1 aromatic heterocycles. The van der Waals surface area contributed by atoms with Crippen LogP contribution in [0.5, 0.6) is 28.7 Å². The number of hydrogen-bond donors (Lipinski definition) is 0. The largest absolute Gasteiger partial charge is 0.496 e. The molecule has 7 heteroatoms. The van der Waals surface area contributed by atoms with Gasteiger partial charge in [0, 0.05) is 23.3 Å². The summed E-state index contributed by atoms with van der Waals surface area (Å²) >= 11 is 0. The summed E-state index contributed by atoms with van der Waals surface area (Å²) in [7, 11) is 4.66. The molecule has 0 aliphatic carbocycles. The van der Waals surface area contributed by atoms with Gasteiger partial charge in [-0.2, -0.15) is 0 Å². The molecule has 1 aliphatic heterocycles. The van der Waals surface area contributed by atoms with Crippen molar-refractivity contribution in [2.45, 2.75) is 38.9 Å². The first-order chi connectivity index (χ1) is 17.8. The average Bonchev–Trinajstić information content (AvgIpc) is 2.90. The van der Waals surface area contributed by atoms with Crippen LogP contribution in [0, 0.1) is 0 Å². The molecule has 0 amide bonds. The Morgan fingerprint density at radius 2 is 1.65 bits per heavy atom. The van der Waals surface area contributed by atoms with Crippen LogP contribution < -0.4 is 29.1 Å². The number of fused-ring (bicyclic) bond motifs is 2. The summed E-state index contributed by atoms with van der Waals surface area (Å²) in [6, 6.07) is 15.1. The van der Waals surface area contributed by atoms with E-state index in [0.29, 0.717) is 57.5 Å². The lowest BCUT2D eigenvalue weighted by Crippen LogP contribution is -2.32. The average molecular weight is 503 g/mol. The molecule has 0 radical (unpaired) electrons. The summed E-state index contributed by atoms with van der Waals surface area (Å²) < 4.78 is 35.2. The van der Waals surface area contributed by atoms with Crippen molar-refractivity contribution < 1.29 is 28.1 Å². The Morgan fingerprint density at radius 3 is 2.35 bits per heavy atom.